The number of ketones is 1. The number of unbranched alkanes of at least 4 members (excludes halogenated alkanes) is 1. The van der Waals surface area contributed by atoms with Crippen molar-refractivity contribution in [2.75, 3.05) is 6.54 Å². The van der Waals surface area contributed by atoms with E-state index < -0.39 is 41.6 Å². The van der Waals surface area contributed by atoms with Crippen molar-refractivity contribution in [1.82, 2.24) is 41.1 Å². The van der Waals surface area contributed by atoms with Crippen molar-refractivity contribution < 1.29 is 29.1 Å². The Labute approximate surface area is 367 Å². The minimum atomic E-state index is -1.49. The molecule has 0 radical (unpaired) electrons. The van der Waals surface area contributed by atoms with Crippen LogP contribution < -0.4 is 16.0 Å². The molecule has 1 saturated heterocycles. The number of fused-ring (bicyclic) bond motifs is 1. The number of carbonyl (C=O) groups is 5. The predicted octanol–water partition coefficient (Wildman–Crippen LogP) is 5.69. The Bertz CT molecular complexity index is 1950. The third-order valence-electron chi connectivity index (χ3n) is 13.0. The molecule has 2 fully saturated rings. The number of amides is 4. The second-order valence-electron chi connectivity index (χ2n) is 18.7. The number of aliphatic hydroxyl groups excluding tert-OH is 1. The molecule has 5 rings (SSSR count). The van der Waals surface area contributed by atoms with Gasteiger partial charge in [0.1, 0.15) is 11.6 Å². The molecule has 2 heterocycles. The van der Waals surface area contributed by atoms with E-state index in [1.807, 2.05) is 116 Å². The van der Waals surface area contributed by atoms with E-state index in [2.05, 4.69) is 31.4 Å². The Morgan fingerprint density at radius 1 is 0.871 bits per heavy atom. The third kappa shape index (κ3) is 11.9. The molecule has 62 heavy (non-hydrogen) atoms. The van der Waals surface area contributed by atoms with E-state index in [1.165, 1.54) is 0 Å². The van der Waals surface area contributed by atoms with Crippen molar-refractivity contribution in [2.24, 2.45) is 29.6 Å². The molecular weight excluding hydrogens is 785 g/mol. The van der Waals surface area contributed by atoms with Gasteiger partial charge in [-0.25, -0.2) is 0 Å². The summed E-state index contributed by atoms with van der Waals surface area (Å²) < 4.78 is 0. The predicted molar refractivity (Wildman–Crippen MR) is 237 cm³/mol. The molecule has 0 spiro atoms. The van der Waals surface area contributed by atoms with Crippen molar-refractivity contribution >= 4 is 29.4 Å². The minimum absolute atomic E-state index is 0.0552. The molecule has 14 heteroatoms. The lowest BCUT2D eigenvalue weighted by Gasteiger charge is -2.34. The van der Waals surface area contributed by atoms with Gasteiger partial charge in [0.2, 0.25) is 17.7 Å². The fourth-order valence-electron chi connectivity index (χ4n) is 9.20. The van der Waals surface area contributed by atoms with Crippen LogP contribution in [0.25, 0.3) is 0 Å². The zero-order valence-corrected chi connectivity index (χ0v) is 38.0. The van der Waals surface area contributed by atoms with E-state index >= 15 is 0 Å². The Morgan fingerprint density at radius 2 is 1.55 bits per heavy atom. The van der Waals surface area contributed by atoms with Crippen LogP contribution in [0.15, 0.2) is 60.7 Å². The first-order valence-corrected chi connectivity index (χ1v) is 22.8. The van der Waals surface area contributed by atoms with E-state index in [1.54, 1.807) is 9.70 Å². The van der Waals surface area contributed by atoms with Crippen molar-refractivity contribution in [1.29, 1.82) is 0 Å². The van der Waals surface area contributed by atoms with Crippen LogP contribution in [0.2, 0.25) is 0 Å². The third-order valence-corrected chi connectivity index (χ3v) is 13.0. The largest absolute Gasteiger partial charge is 0.381 e. The fourth-order valence-corrected chi connectivity index (χ4v) is 9.20. The highest BCUT2D eigenvalue weighted by Crippen LogP contribution is 2.43. The number of aromatic nitrogens is 4. The number of hydrogen-bond donors (Lipinski definition) is 4. The zero-order valence-electron chi connectivity index (χ0n) is 38.0. The van der Waals surface area contributed by atoms with Gasteiger partial charge in [0.25, 0.3) is 5.91 Å². The molecule has 8 atom stereocenters. The molecule has 4 amide bonds. The van der Waals surface area contributed by atoms with Gasteiger partial charge in [-0.3, -0.25) is 24.0 Å². The molecule has 2 aromatic carbocycles. The highest BCUT2D eigenvalue weighted by molar-refractivity contribution is 5.95. The van der Waals surface area contributed by atoms with Gasteiger partial charge < -0.3 is 26.0 Å². The molecule has 4 N–H and O–H groups in total. The second kappa shape index (κ2) is 21.9. The first-order valence-electron chi connectivity index (χ1n) is 22.8. The molecule has 1 aliphatic carbocycles. The topological polar surface area (TPSA) is 189 Å². The molecule has 14 nitrogen and oxygen atoms in total. The summed E-state index contributed by atoms with van der Waals surface area (Å²) in [6, 6.07) is 16.7. The molecule has 0 bridgehead atoms. The lowest BCUT2D eigenvalue weighted by molar-refractivity contribution is -0.146. The Morgan fingerprint density at radius 3 is 2.19 bits per heavy atom. The van der Waals surface area contributed by atoms with Gasteiger partial charge in [-0.05, 0) is 92.9 Å². The van der Waals surface area contributed by atoms with Crippen LogP contribution in [0.4, 0.5) is 0 Å². The summed E-state index contributed by atoms with van der Waals surface area (Å²) in [5.74, 6) is -2.10. The number of likely N-dealkylation sites (tertiary alicyclic amines) is 1. The highest BCUT2D eigenvalue weighted by atomic mass is 16.3. The van der Waals surface area contributed by atoms with Crippen LogP contribution in [0, 0.1) is 29.6 Å². The minimum Gasteiger partial charge on any atom is -0.381 e. The Kier molecular flexibility index (Phi) is 17.0. The van der Waals surface area contributed by atoms with Crippen LogP contribution in [-0.2, 0) is 35.9 Å². The quantitative estimate of drug-likeness (QED) is 0.0921. The number of hydrogen-bond acceptors (Lipinski definition) is 9. The summed E-state index contributed by atoms with van der Waals surface area (Å²) in [7, 11) is 0. The number of tetrazole rings is 1. The molecule has 1 aromatic heterocycles. The summed E-state index contributed by atoms with van der Waals surface area (Å²) in [6.07, 6.45) is 4.09. The van der Waals surface area contributed by atoms with Gasteiger partial charge >= 0.3 is 0 Å². The molecule has 338 valence electrons. The fraction of sp³-hybridized carbons (Fsp3) is 0.625. The van der Waals surface area contributed by atoms with Crippen LogP contribution in [0.1, 0.15) is 136 Å². The molecule has 2 unspecified atom stereocenters. The van der Waals surface area contributed by atoms with E-state index in [-0.39, 0.29) is 66.1 Å². The maximum Gasteiger partial charge on any atom is 0.251 e. The Balaban J connectivity index is 1.18. The lowest BCUT2D eigenvalue weighted by atomic mass is 9.85. The second-order valence-corrected chi connectivity index (χ2v) is 18.7. The summed E-state index contributed by atoms with van der Waals surface area (Å²) in [6.45, 7) is 15.8. The van der Waals surface area contributed by atoms with Crippen molar-refractivity contribution in [3.8, 4) is 0 Å². The number of rotatable bonds is 22. The first-order chi connectivity index (χ1) is 29.5. The highest BCUT2D eigenvalue weighted by Gasteiger charge is 2.51. The SMILES string of the molecule is CCCC(NC(=O)[C@@H]1[C@H]2CCC[C@H]2CN1C(=O)[C@@H](CC(=O)[C@@H](NC(=O)CCCCc1nnn(C(C)(C)c2ccccc2)n1)C(C)C)C(C)C)C(O)C(=O)N[C@@H](C)c1ccccc1. The van der Waals surface area contributed by atoms with Crippen LogP contribution in [-0.4, -0.2) is 90.4 Å². The van der Waals surface area contributed by atoms with Gasteiger partial charge in [-0.2, -0.15) is 4.80 Å². The van der Waals surface area contributed by atoms with E-state index in [0.717, 1.165) is 30.4 Å². The van der Waals surface area contributed by atoms with Gasteiger partial charge in [-0.15, -0.1) is 10.2 Å². The monoisotopic (exact) mass is 855 g/mol. The van der Waals surface area contributed by atoms with Crippen molar-refractivity contribution in [3.05, 3.63) is 77.6 Å². The van der Waals surface area contributed by atoms with Crippen LogP contribution >= 0.6 is 0 Å². The number of aryl methyl sites for hydroxylation is 1. The first kappa shape index (κ1) is 48.1. The number of nitrogens with zero attached hydrogens (tertiary/aromatic N) is 5. The van der Waals surface area contributed by atoms with Gasteiger partial charge in [0.15, 0.2) is 17.7 Å². The average Bonchev–Trinajstić information content (AvgIpc) is 4.01. The molecule has 3 aromatic rings. The summed E-state index contributed by atoms with van der Waals surface area (Å²) in [4.78, 5) is 72.7. The maximum atomic E-state index is 14.6. The van der Waals surface area contributed by atoms with Crippen molar-refractivity contribution in [3.63, 3.8) is 0 Å². The molecule has 1 aliphatic heterocycles. The van der Waals surface area contributed by atoms with Gasteiger partial charge in [0.05, 0.1) is 18.1 Å². The standard InChI is InChI=1S/C48H70N8O6/c1-9-19-38(44(59)46(61)49-32(6)33-20-12-10-13-21-33)50-45(60)43-36-25-18-22-34(36)29-55(43)47(62)37(30(2)3)28-39(57)42(31(4)5)51-41(58)27-17-16-26-40-52-54-56(53-40)48(7,8)35-23-14-11-15-24-35/h10-15,20-21,23-24,30-32,34,36-38,42-44,59H,9,16-19,22,25-29H2,1-8H3,(H,49,61)(H,50,60)(H,51,58)/t32-,34-,36-,37-,38?,42-,43-,44?/m0/s1. The summed E-state index contributed by atoms with van der Waals surface area (Å²) in [5, 5.41) is 33.2. The average molecular weight is 855 g/mol. The van der Waals surface area contributed by atoms with Gasteiger partial charge in [-0.1, -0.05) is 108 Å². The van der Waals surface area contributed by atoms with E-state index in [4.69, 9.17) is 0 Å². The zero-order chi connectivity index (χ0) is 45.1. The molecular formula is C48H70N8O6. The normalized spacial score (nSPS) is 20.0. The number of aliphatic hydroxyl groups is 1. The number of benzene rings is 2. The smallest absolute Gasteiger partial charge is 0.251 e. The number of carbonyl (C=O) groups excluding carboxylic acids is 5. The molecule has 1 saturated carbocycles. The maximum absolute atomic E-state index is 14.6. The van der Waals surface area contributed by atoms with Crippen LogP contribution in [0.3, 0.4) is 0 Å². The summed E-state index contributed by atoms with van der Waals surface area (Å²) in [5.41, 5.74) is 1.48. The van der Waals surface area contributed by atoms with Crippen molar-refractivity contribution in [2.45, 2.75) is 155 Å². The summed E-state index contributed by atoms with van der Waals surface area (Å²) >= 11 is 0. The Hall–Kier alpha value is -4.98. The van der Waals surface area contributed by atoms with Crippen LogP contribution in [0.5, 0.6) is 0 Å². The van der Waals surface area contributed by atoms with E-state index in [9.17, 15) is 29.1 Å². The molecule has 2 aliphatic rings. The van der Waals surface area contributed by atoms with E-state index in [0.29, 0.717) is 44.5 Å². The lowest BCUT2D eigenvalue weighted by Crippen LogP contribution is -2.57. The number of Topliss-reactive ketones (excluding diaryl/α,β-unsaturated/α-hetero) is 1. The van der Waals surface area contributed by atoms with Gasteiger partial charge in [0, 0.05) is 31.7 Å². The number of nitrogens with one attached hydrogen (secondary N) is 3.